The number of anilines is 1. The molecule has 0 aliphatic heterocycles. The Bertz CT molecular complexity index is 934. The normalized spacial score (nSPS) is 17.8. The molecule has 3 aromatic rings. The van der Waals surface area contributed by atoms with E-state index in [1.165, 1.54) is 47.2 Å². The molecule has 0 saturated heterocycles. The number of nitrogens with one attached hydrogen (secondary N) is 1. The van der Waals surface area contributed by atoms with Gasteiger partial charge in [0.2, 0.25) is 0 Å². The summed E-state index contributed by atoms with van der Waals surface area (Å²) in [5.41, 5.74) is 6.92. The van der Waals surface area contributed by atoms with Crippen LogP contribution in [0, 0.1) is 0 Å². The number of rotatable bonds is 9. The van der Waals surface area contributed by atoms with Gasteiger partial charge in [0.15, 0.2) is 0 Å². The van der Waals surface area contributed by atoms with Crippen molar-refractivity contribution >= 4 is 5.69 Å². The molecule has 0 aromatic heterocycles. The van der Waals surface area contributed by atoms with E-state index in [-0.39, 0.29) is 0 Å². The van der Waals surface area contributed by atoms with Crippen LogP contribution in [0.15, 0.2) is 78.9 Å². The van der Waals surface area contributed by atoms with Gasteiger partial charge in [-0.25, -0.2) is 0 Å². The largest absolute Gasteiger partial charge is 0.376 e. The van der Waals surface area contributed by atoms with Crippen molar-refractivity contribution in [2.45, 2.75) is 51.1 Å². The van der Waals surface area contributed by atoms with Crippen LogP contribution in [0.5, 0.6) is 0 Å². The lowest BCUT2D eigenvalue weighted by atomic mass is 10.0. The fourth-order valence-corrected chi connectivity index (χ4v) is 4.73. The highest BCUT2D eigenvalue weighted by Crippen LogP contribution is 2.37. The van der Waals surface area contributed by atoms with Crippen LogP contribution >= 0.6 is 0 Å². The van der Waals surface area contributed by atoms with Crippen molar-refractivity contribution in [1.82, 2.24) is 4.90 Å². The molecule has 0 radical (unpaired) electrons. The zero-order chi connectivity index (χ0) is 20.8. The summed E-state index contributed by atoms with van der Waals surface area (Å²) < 4.78 is 0. The van der Waals surface area contributed by atoms with Gasteiger partial charge in [0.05, 0.1) is 6.04 Å². The molecule has 0 heterocycles. The quantitative estimate of drug-likeness (QED) is 0.415. The Morgan fingerprint density at radius 1 is 0.867 bits per heavy atom. The third-order valence-corrected chi connectivity index (χ3v) is 6.45. The van der Waals surface area contributed by atoms with Gasteiger partial charge in [-0.3, -0.25) is 0 Å². The number of fused-ring (bicyclic) bond motifs is 1. The van der Waals surface area contributed by atoms with E-state index >= 15 is 0 Å². The van der Waals surface area contributed by atoms with Crippen LogP contribution in [-0.2, 0) is 12.8 Å². The third-order valence-electron chi connectivity index (χ3n) is 6.45. The Morgan fingerprint density at radius 3 is 2.43 bits per heavy atom. The molecule has 3 aromatic carbocycles. The van der Waals surface area contributed by atoms with Gasteiger partial charge in [-0.1, -0.05) is 92.6 Å². The lowest BCUT2D eigenvalue weighted by Crippen LogP contribution is -2.38. The molecule has 1 aliphatic rings. The zero-order valence-electron chi connectivity index (χ0n) is 18.4. The predicted octanol–water partition coefficient (Wildman–Crippen LogP) is 6.48. The van der Waals surface area contributed by atoms with E-state index in [2.05, 4.69) is 103 Å². The Kier molecular flexibility index (Phi) is 6.86. The molecule has 0 fully saturated rings. The van der Waals surface area contributed by atoms with Gasteiger partial charge in [0.1, 0.15) is 0 Å². The van der Waals surface area contributed by atoms with Crippen LogP contribution in [0.1, 0.15) is 54.5 Å². The molecule has 1 N–H and O–H groups in total. The standard InChI is InChI=1S/C28H34N2/c1-3-4-12-19-30(2)27-21-23-15-8-10-17-25(23)28(27)29-26-18-11-9-16-24(26)20-22-13-6-5-7-14-22/h5-11,13-18,27-29H,3-4,12,19-21H2,1-2H3/t27-,28-/m1/s1. The summed E-state index contributed by atoms with van der Waals surface area (Å²) in [6.45, 7) is 3.44. The van der Waals surface area contributed by atoms with Gasteiger partial charge < -0.3 is 10.2 Å². The molecule has 0 saturated carbocycles. The van der Waals surface area contributed by atoms with E-state index in [4.69, 9.17) is 0 Å². The topological polar surface area (TPSA) is 15.3 Å². The first-order valence-corrected chi connectivity index (χ1v) is 11.4. The fraction of sp³-hybridized carbons (Fsp3) is 0.357. The number of unbranched alkanes of at least 4 members (excludes halogenated alkanes) is 2. The Labute approximate surface area is 181 Å². The minimum absolute atomic E-state index is 0.324. The minimum Gasteiger partial charge on any atom is -0.376 e. The highest BCUT2D eigenvalue weighted by molar-refractivity contribution is 5.56. The van der Waals surface area contributed by atoms with Crippen LogP contribution in [-0.4, -0.2) is 24.5 Å². The number of hydrogen-bond donors (Lipinski definition) is 1. The first-order chi connectivity index (χ1) is 14.8. The van der Waals surface area contributed by atoms with Crippen molar-refractivity contribution < 1.29 is 0 Å². The molecule has 2 atom stereocenters. The van der Waals surface area contributed by atoms with Gasteiger partial charge >= 0.3 is 0 Å². The molecular weight excluding hydrogens is 364 g/mol. The molecule has 0 unspecified atom stereocenters. The van der Waals surface area contributed by atoms with Crippen LogP contribution < -0.4 is 5.32 Å². The Balaban J connectivity index is 1.58. The zero-order valence-corrected chi connectivity index (χ0v) is 18.4. The van der Waals surface area contributed by atoms with Crippen LogP contribution in [0.25, 0.3) is 0 Å². The maximum Gasteiger partial charge on any atom is 0.0675 e. The number of para-hydroxylation sites is 1. The Hall–Kier alpha value is -2.58. The van der Waals surface area contributed by atoms with Gasteiger partial charge in [0, 0.05) is 11.7 Å². The SMILES string of the molecule is CCCCCN(C)[C@@H]1Cc2ccccc2[C@H]1Nc1ccccc1Cc1ccccc1. The van der Waals surface area contributed by atoms with Gasteiger partial charge in [0.25, 0.3) is 0 Å². The van der Waals surface area contributed by atoms with Crippen molar-refractivity contribution in [3.63, 3.8) is 0 Å². The monoisotopic (exact) mass is 398 g/mol. The van der Waals surface area contributed by atoms with Gasteiger partial charge in [-0.15, -0.1) is 0 Å². The Morgan fingerprint density at radius 2 is 1.60 bits per heavy atom. The predicted molar refractivity (Wildman–Crippen MR) is 128 cm³/mol. The summed E-state index contributed by atoms with van der Waals surface area (Å²) in [5.74, 6) is 0. The van der Waals surface area contributed by atoms with Crippen LogP contribution in [0.2, 0.25) is 0 Å². The molecule has 0 spiro atoms. The average molecular weight is 399 g/mol. The number of benzene rings is 3. The van der Waals surface area contributed by atoms with Crippen LogP contribution in [0.3, 0.4) is 0 Å². The lowest BCUT2D eigenvalue weighted by Gasteiger charge is -2.32. The van der Waals surface area contributed by atoms with Crippen molar-refractivity contribution in [2.24, 2.45) is 0 Å². The summed E-state index contributed by atoms with van der Waals surface area (Å²) in [5, 5.41) is 3.97. The highest BCUT2D eigenvalue weighted by atomic mass is 15.2. The summed E-state index contributed by atoms with van der Waals surface area (Å²) in [4.78, 5) is 2.58. The summed E-state index contributed by atoms with van der Waals surface area (Å²) in [7, 11) is 2.30. The number of nitrogens with zero attached hydrogens (tertiary/aromatic N) is 1. The van der Waals surface area contributed by atoms with Crippen molar-refractivity contribution in [2.75, 3.05) is 18.9 Å². The van der Waals surface area contributed by atoms with E-state index in [0.717, 1.165) is 19.4 Å². The molecule has 0 amide bonds. The molecule has 4 rings (SSSR count). The average Bonchev–Trinajstić information content (AvgIpc) is 3.14. The third kappa shape index (κ3) is 4.76. The van der Waals surface area contributed by atoms with Crippen molar-refractivity contribution in [1.29, 1.82) is 0 Å². The van der Waals surface area contributed by atoms with Crippen molar-refractivity contribution in [3.8, 4) is 0 Å². The molecule has 30 heavy (non-hydrogen) atoms. The molecular formula is C28H34N2. The maximum absolute atomic E-state index is 3.97. The first kappa shape index (κ1) is 20.7. The van der Waals surface area contributed by atoms with Gasteiger partial charge in [-0.2, -0.15) is 0 Å². The lowest BCUT2D eigenvalue weighted by molar-refractivity contribution is 0.225. The minimum atomic E-state index is 0.324. The van der Waals surface area contributed by atoms with E-state index in [0.29, 0.717) is 12.1 Å². The number of likely N-dealkylation sites (N-methyl/N-ethyl adjacent to an activating group) is 1. The van der Waals surface area contributed by atoms with Crippen LogP contribution in [0.4, 0.5) is 5.69 Å². The second-order valence-corrected chi connectivity index (χ2v) is 8.60. The smallest absolute Gasteiger partial charge is 0.0675 e. The molecule has 2 heteroatoms. The van der Waals surface area contributed by atoms with E-state index < -0.39 is 0 Å². The maximum atomic E-state index is 3.97. The fourth-order valence-electron chi connectivity index (χ4n) is 4.73. The molecule has 156 valence electrons. The summed E-state index contributed by atoms with van der Waals surface area (Å²) in [6, 6.07) is 29.4. The summed E-state index contributed by atoms with van der Waals surface area (Å²) >= 11 is 0. The summed E-state index contributed by atoms with van der Waals surface area (Å²) in [6.07, 6.45) is 5.93. The molecule has 2 nitrogen and oxygen atoms in total. The second kappa shape index (κ2) is 9.95. The van der Waals surface area contributed by atoms with E-state index in [9.17, 15) is 0 Å². The second-order valence-electron chi connectivity index (χ2n) is 8.60. The van der Waals surface area contributed by atoms with E-state index in [1.54, 1.807) is 0 Å². The van der Waals surface area contributed by atoms with Gasteiger partial charge in [-0.05, 0) is 61.2 Å². The number of hydrogen-bond acceptors (Lipinski definition) is 2. The van der Waals surface area contributed by atoms with E-state index in [1.807, 2.05) is 0 Å². The molecule has 0 bridgehead atoms. The van der Waals surface area contributed by atoms with Crippen molar-refractivity contribution in [3.05, 3.63) is 101 Å². The first-order valence-electron chi connectivity index (χ1n) is 11.4. The highest BCUT2D eigenvalue weighted by Gasteiger charge is 2.34. The molecule has 1 aliphatic carbocycles.